The summed E-state index contributed by atoms with van der Waals surface area (Å²) in [7, 11) is 1.21. The highest BCUT2D eigenvalue weighted by Crippen LogP contribution is 2.24. The van der Waals surface area contributed by atoms with Crippen LogP contribution < -0.4 is 0 Å². The average Bonchev–Trinajstić information content (AvgIpc) is 2.46. The Kier molecular flexibility index (Phi) is 3.79. The second-order valence-electron chi connectivity index (χ2n) is 4.07. The van der Waals surface area contributed by atoms with Gasteiger partial charge in [-0.25, -0.2) is 14.0 Å². The van der Waals surface area contributed by atoms with Crippen molar-refractivity contribution >= 4 is 11.9 Å². The van der Waals surface area contributed by atoms with E-state index in [0.717, 1.165) is 6.07 Å². The molecule has 2 rings (SSSR count). The van der Waals surface area contributed by atoms with Gasteiger partial charge in [-0.1, -0.05) is 18.2 Å². The van der Waals surface area contributed by atoms with E-state index in [1.165, 1.54) is 37.4 Å². The summed E-state index contributed by atoms with van der Waals surface area (Å²) in [5.41, 5.74) is 0.821. The Hall–Kier alpha value is -2.69. The number of hydrogen-bond acceptors (Lipinski definition) is 3. The third-order valence-corrected chi connectivity index (χ3v) is 2.81. The average molecular weight is 274 g/mol. The van der Waals surface area contributed by atoms with Gasteiger partial charge in [-0.05, 0) is 29.8 Å². The van der Waals surface area contributed by atoms with Gasteiger partial charge in [0.25, 0.3) is 0 Å². The molecule has 20 heavy (non-hydrogen) atoms. The Labute approximate surface area is 114 Å². The van der Waals surface area contributed by atoms with Crippen LogP contribution in [0.25, 0.3) is 11.1 Å². The van der Waals surface area contributed by atoms with E-state index in [2.05, 4.69) is 4.74 Å². The van der Waals surface area contributed by atoms with Crippen molar-refractivity contribution in [2.24, 2.45) is 0 Å². The van der Waals surface area contributed by atoms with Gasteiger partial charge in [-0.15, -0.1) is 0 Å². The van der Waals surface area contributed by atoms with Crippen LogP contribution in [0.4, 0.5) is 4.39 Å². The highest BCUT2D eigenvalue weighted by molar-refractivity contribution is 5.91. The lowest BCUT2D eigenvalue weighted by molar-refractivity contribution is 0.0599. The molecular formula is C15H11FO4. The fourth-order valence-corrected chi connectivity index (χ4v) is 1.81. The number of carbonyl (C=O) groups is 2. The molecule has 0 fully saturated rings. The number of benzene rings is 2. The molecule has 0 spiro atoms. The number of methoxy groups -OCH3 is 1. The molecule has 0 radical (unpaired) electrons. The monoisotopic (exact) mass is 274 g/mol. The van der Waals surface area contributed by atoms with Crippen molar-refractivity contribution < 1.29 is 23.8 Å². The van der Waals surface area contributed by atoms with Crippen molar-refractivity contribution in [3.05, 3.63) is 59.4 Å². The Balaban J connectivity index is 2.46. The van der Waals surface area contributed by atoms with Gasteiger partial charge >= 0.3 is 11.9 Å². The van der Waals surface area contributed by atoms with Crippen LogP contribution in [0.1, 0.15) is 20.7 Å². The van der Waals surface area contributed by atoms with Crippen molar-refractivity contribution in [3.8, 4) is 11.1 Å². The van der Waals surface area contributed by atoms with Crippen LogP contribution in [0.2, 0.25) is 0 Å². The van der Waals surface area contributed by atoms with Crippen LogP contribution in [0.5, 0.6) is 0 Å². The molecule has 0 aromatic heterocycles. The van der Waals surface area contributed by atoms with Gasteiger partial charge in [0.15, 0.2) is 0 Å². The van der Waals surface area contributed by atoms with Crippen molar-refractivity contribution in [3.63, 3.8) is 0 Å². The second kappa shape index (κ2) is 5.52. The van der Waals surface area contributed by atoms with E-state index in [0.29, 0.717) is 5.56 Å². The van der Waals surface area contributed by atoms with E-state index in [-0.39, 0.29) is 16.7 Å². The van der Waals surface area contributed by atoms with E-state index in [4.69, 9.17) is 5.11 Å². The number of hydrogen-bond donors (Lipinski definition) is 1. The lowest BCUT2D eigenvalue weighted by atomic mass is 10.0. The minimum atomic E-state index is -1.08. The van der Waals surface area contributed by atoms with E-state index in [1.807, 2.05) is 0 Å². The minimum absolute atomic E-state index is 0.0685. The molecule has 0 unspecified atom stereocenters. The molecule has 0 aliphatic heterocycles. The van der Waals surface area contributed by atoms with Crippen LogP contribution in [0, 0.1) is 5.82 Å². The number of esters is 1. The summed E-state index contributed by atoms with van der Waals surface area (Å²) in [6, 6.07) is 9.84. The van der Waals surface area contributed by atoms with Crippen molar-refractivity contribution in [2.75, 3.05) is 7.11 Å². The van der Waals surface area contributed by atoms with E-state index >= 15 is 0 Å². The predicted molar refractivity (Wildman–Crippen MR) is 70.1 cm³/mol. The summed E-state index contributed by atoms with van der Waals surface area (Å²) >= 11 is 0. The number of halogens is 1. The first-order valence-electron chi connectivity index (χ1n) is 5.74. The van der Waals surface area contributed by atoms with E-state index in [1.54, 1.807) is 6.07 Å². The van der Waals surface area contributed by atoms with Gasteiger partial charge in [0.1, 0.15) is 5.82 Å². The zero-order valence-corrected chi connectivity index (χ0v) is 10.6. The van der Waals surface area contributed by atoms with Crippen LogP contribution in [0.3, 0.4) is 0 Å². The first-order chi connectivity index (χ1) is 9.52. The van der Waals surface area contributed by atoms with Crippen LogP contribution >= 0.6 is 0 Å². The predicted octanol–water partition coefficient (Wildman–Crippen LogP) is 2.98. The van der Waals surface area contributed by atoms with Gasteiger partial charge in [0, 0.05) is 5.56 Å². The zero-order chi connectivity index (χ0) is 14.7. The van der Waals surface area contributed by atoms with Gasteiger partial charge in [0.2, 0.25) is 0 Å². The van der Waals surface area contributed by atoms with Gasteiger partial charge in [-0.2, -0.15) is 0 Å². The summed E-state index contributed by atoms with van der Waals surface area (Å²) in [6.07, 6.45) is 0. The van der Waals surface area contributed by atoms with Crippen LogP contribution in [-0.4, -0.2) is 24.2 Å². The largest absolute Gasteiger partial charge is 0.478 e. The Bertz CT molecular complexity index is 679. The summed E-state index contributed by atoms with van der Waals surface area (Å²) in [4.78, 5) is 22.2. The smallest absolute Gasteiger partial charge is 0.337 e. The number of rotatable bonds is 3. The molecule has 102 valence electrons. The third kappa shape index (κ3) is 2.66. The lowest BCUT2D eigenvalue weighted by Gasteiger charge is -2.06. The molecule has 0 aliphatic rings. The summed E-state index contributed by atoms with van der Waals surface area (Å²) in [5.74, 6) is -2.33. The van der Waals surface area contributed by atoms with E-state index in [9.17, 15) is 14.0 Å². The van der Waals surface area contributed by atoms with Gasteiger partial charge in [0.05, 0.1) is 18.2 Å². The molecule has 1 N–H and O–H groups in total. The molecule has 0 heterocycles. The Morgan fingerprint density at radius 3 is 2.45 bits per heavy atom. The number of carbonyl (C=O) groups excluding carboxylic acids is 1. The summed E-state index contributed by atoms with van der Waals surface area (Å²) in [5, 5.41) is 8.92. The van der Waals surface area contributed by atoms with Gasteiger partial charge < -0.3 is 9.84 Å². The molecule has 2 aromatic carbocycles. The molecule has 2 aromatic rings. The molecule has 0 saturated heterocycles. The fourth-order valence-electron chi connectivity index (χ4n) is 1.81. The first kappa shape index (κ1) is 13.7. The molecule has 5 heteroatoms. The number of carboxylic acid groups (broad SMARTS) is 1. The van der Waals surface area contributed by atoms with Crippen LogP contribution in [-0.2, 0) is 4.74 Å². The fraction of sp³-hybridized carbons (Fsp3) is 0.0667. The molecule has 0 amide bonds. The first-order valence-corrected chi connectivity index (χ1v) is 5.74. The lowest BCUT2D eigenvalue weighted by Crippen LogP contribution is -2.02. The maximum atomic E-state index is 14.0. The highest BCUT2D eigenvalue weighted by Gasteiger charge is 2.12. The second-order valence-corrected chi connectivity index (χ2v) is 4.07. The third-order valence-electron chi connectivity index (χ3n) is 2.81. The molecule has 0 bridgehead atoms. The van der Waals surface area contributed by atoms with E-state index < -0.39 is 17.8 Å². The molecule has 4 nitrogen and oxygen atoms in total. The van der Waals surface area contributed by atoms with Crippen molar-refractivity contribution in [1.82, 2.24) is 0 Å². The number of ether oxygens (including phenoxy) is 1. The molecule has 0 aliphatic carbocycles. The Morgan fingerprint density at radius 1 is 1.10 bits per heavy atom. The quantitative estimate of drug-likeness (QED) is 0.874. The minimum Gasteiger partial charge on any atom is -0.478 e. The zero-order valence-electron chi connectivity index (χ0n) is 10.6. The molecular weight excluding hydrogens is 263 g/mol. The SMILES string of the molecule is COC(=O)c1ccc(-c2cccc(C(=O)O)c2)c(F)c1. The van der Waals surface area contributed by atoms with Crippen molar-refractivity contribution in [1.29, 1.82) is 0 Å². The van der Waals surface area contributed by atoms with Gasteiger partial charge in [-0.3, -0.25) is 0 Å². The normalized spacial score (nSPS) is 10.1. The number of carboxylic acids is 1. The molecule has 0 saturated carbocycles. The molecule has 0 atom stereocenters. The van der Waals surface area contributed by atoms with Crippen LogP contribution in [0.15, 0.2) is 42.5 Å². The highest BCUT2D eigenvalue weighted by atomic mass is 19.1. The van der Waals surface area contributed by atoms with Crippen molar-refractivity contribution in [2.45, 2.75) is 0 Å². The standard InChI is InChI=1S/C15H11FO4/c1-20-15(19)11-5-6-12(13(16)8-11)9-3-2-4-10(7-9)14(17)18/h2-8H,1H3,(H,17,18). The number of aromatic carboxylic acids is 1. The summed E-state index contributed by atoms with van der Waals surface area (Å²) in [6.45, 7) is 0. The maximum Gasteiger partial charge on any atom is 0.337 e. The summed E-state index contributed by atoms with van der Waals surface area (Å²) < 4.78 is 18.5. The Morgan fingerprint density at radius 2 is 1.85 bits per heavy atom. The maximum absolute atomic E-state index is 14.0. The topological polar surface area (TPSA) is 63.6 Å².